The first-order valence-corrected chi connectivity index (χ1v) is 7.50. The largest absolute Gasteiger partial charge is 0.466 e. The molecule has 0 aliphatic rings. The van der Waals surface area contributed by atoms with Crippen LogP contribution in [0.2, 0.25) is 0 Å². The molecule has 3 nitrogen and oxygen atoms in total. The van der Waals surface area contributed by atoms with E-state index in [-0.39, 0.29) is 5.97 Å². The second-order valence-electron chi connectivity index (χ2n) is 5.21. The lowest BCUT2D eigenvalue weighted by Gasteiger charge is -2.34. The van der Waals surface area contributed by atoms with Crippen molar-refractivity contribution in [3.05, 3.63) is 35.9 Å². The summed E-state index contributed by atoms with van der Waals surface area (Å²) in [5.41, 5.74) is 0.00567. The van der Waals surface area contributed by atoms with Crippen molar-refractivity contribution in [3.63, 3.8) is 0 Å². The molecule has 0 spiro atoms. The van der Waals surface area contributed by atoms with E-state index in [4.69, 9.17) is 4.74 Å². The van der Waals surface area contributed by atoms with Gasteiger partial charge in [-0.2, -0.15) is 0 Å². The molecule has 0 saturated carbocycles. The zero-order chi connectivity index (χ0) is 15.0. The number of hydrogen-bond acceptors (Lipinski definition) is 3. The maximum absolute atomic E-state index is 12.1. The van der Waals surface area contributed by atoms with E-state index in [2.05, 4.69) is 0 Å². The number of carbonyl (C=O) groups is 1. The molecule has 0 aliphatic carbocycles. The van der Waals surface area contributed by atoms with Crippen LogP contribution in [0.3, 0.4) is 0 Å². The van der Waals surface area contributed by atoms with E-state index in [1.165, 1.54) is 0 Å². The van der Waals surface area contributed by atoms with Crippen molar-refractivity contribution >= 4 is 5.97 Å². The normalized spacial score (nSPS) is 15.4. The zero-order valence-electron chi connectivity index (χ0n) is 12.8. The lowest BCUT2D eigenvalue weighted by Crippen LogP contribution is -2.44. The lowest BCUT2D eigenvalue weighted by molar-refractivity contribution is -0.159. The van der Waals surface area contributed by atoms with Crippen LogP contribution in [0.25, 0.3) is 0 Å². The number of esters is 1. The number of carbonyl (C=O) groups excluding carboxylic acids is 1. The fourth-order valence-electron chi connectivity index (χ4n) is 2.58. The molecule has 1 aromatic rings. The molecule has 112 valence electrons. The SMILES string of the molecule is CCCC(C(=O)OCC)C(O)(CC)Cc1ccccc1. The highest BCUT2D eigenvalue weighted by Crippen LogP contribution is 2.30. The smallest absolute Gasteiger partial charge is 0.311 e. The van der Waals surface area contributed by atoms with Gasteiger partial charge in [-0.15, -0.1) is 0 Å². The first-order valence-electron chi connectivity index (χ1n) is 7.50. The highest BCUT2D eigenvalue weighted by Gasteiger charge is 2.40. The van der Waals surface area contributed by atoms with Crippen molar-refractivity contribution in [1.82, 2.24) is 0 Å². The lowest BCUT2D eigenvalue weighted by atomic mass is 9.78. The maximum atomic E-state index is 12.1. The molecule has 0 heterocycles. The quantitative estimate of drug-likeness (QED) is 0.742. The Bertz CT molecular complexity index is 402. The molecule has 3 heteroatoms. The van der Waals surface area contributed by atoms with Gasteiger partial charge in [-0.25, -0.2) is 0 Å². The molecular formula is C17H26O3. The Labute approximate surface area is 122 Å². The van der Waals surface area contributed by atoms with Crippen LogP contribution in [-0.2, 0) is 16.0 Å². The molecule has 1 aromatic carbocycles. The molecule has 0 bridgehead atoms. The summed E-state index contributed by atoms with van der Waals surface area (Å²) in [6.45, 7) is 6.09. The van der Waals surface area contributed by atoms with E-state index in [0.29, 0.717) is 25.9 Å². The Hall–Kier alpha value is -1.35. The molecule has 2 unspecified atom stereocenters. The minimum absolute atomic E-state index is 0.283. The van der Waals surface area contributed by atoms with Crippen LogP contribution in [-0.4, -0.2) is 23.3 Å². The maximum Gasteiger partial charge on any atom is 0.311 e. The third kappa shape index (κ3) is 4.34. The summed E-state index contributed by atoms with van der Waals surface area (Å²) in [7, 11) is 0. The van der Waals surface area contributed by atoms with E-state index < -0.39 is 11.5 Å². The third-order valence-electron chi connectivity index (χ3n) is 3.76. The van der Waals surface area contributed by atoms with Crippen molar-refractivity contribution in [3.8, 4) is 0 Å². The molecule has 0 aromatic heterocycles. The van der Waals surface area contributed by atoms with Gasteiger partial charge in [0.15, 0.2) is 0 Å². The topological polar surface area (TPSA) is 46.5 Å². The summed E-state index contributed by atoms with van der Waals surface area (Å²) in [5, 5.41) is 11.0. The zero-order valence-corrected chi connectivity index (χ0v) is 12.8. The predicted molar refractivity (Wildman–Crippen MR) is 80.4 cm³/mol. The average molecular weight is 278 g/mol. The van der Waals surface area contributed by atoms with Gasteiger partial charge in [0.25, 0.3) is 0 Å². The van der Waals surface area contributed by atoms with Crippen molar-refractivity contribution in [2.24, 2.45) is 5.92 Å². The molecule has 0 fully saturated rings. The summed E-state index contributed by atoms with van der Waals surface area (Å²) in [4.78, 5) is 12.1. The summed E-state index contributed by atoms with van der Waals surface area (Å²) in [6.07, 6.45) is 2.51. The molecule has 0 saturated heterocycles. The fraction of sp³-hybridized carbons (Fsp3) is 0.588. The van der Waals surface area contributed by atoms with Crippen molar-refractivity contribution < 1.29 is 14.6 Å². The Balaban J connectivity index is 2.94. The number of rotatable bonds is 8. The fourth-order valence-corrected chi connectivity index (χ4v) is 2.58. The summed E-state index contributed by atoms with van der Waals surface area (Å²) >= 11 is 0. The second-order valence-corrected chi connectivity index (χ2v) is 5.21. The Morgan fingerprint density at radius 3 is 2.40 bits per heavy atom. The van der Waals surface area contributed by atoms with Crippen LogP contribution in [0, 0.1) is 5.92 Å². The van der Waals surface area contributed by atoms with Gasteiger partial charge in [0.2, 0.25) is 0 Å². The van der Waals surface area contributed by atoms with Gasteiger partial charge in [0.1, 0.15) is 0 Å². The van der Waals surface area contributed by atoms with Gasteiger partial charge >= 0.3 is 5.97 Å². The van der Waals surface area contributed by atoms with Gasteiger partial charge in [-0.05, 0) is 25.3 Å². The summed E-state index contributed by atoms with van der Waals surface area (Å²) in [6, 6.07) is 9.81. The van der Waals surface area contributed by atoms with Gasteiger partial charge in [-0.3, -0.25) is 4.79 Å². The van der Waals surface area contributed by atoms with Crippen LogP contribution >= 0.6 is 0 Å². The van der Waals surface area contributed by atoms with Crippen LogP contribution < -0.4 is 0 Å². The molecule has 0 amide bonds. The van der Waals surface area contributed by atoms with E-state index >= 15 is 0 Å². The van der Waals surface area contributed by atoms with E-state index in [9.17, 15) is 9.90 Å². The molecule has 1 rings (SSSR count). The van der Waals surface area contributed by atoms with Crippen molar-refractivity contribution in [1.29, 1.82) is 0 Å². The molecular weight excluding hydrogens is 252 g/mol. The average Bonchev–Trinajstić information content (AvgIpc) is 2.45. The predicted octanol–water partition coefficient (Wildman–Crippen LogP) is 3.35. The molecule has 1 N–H and O–H groups in total. The molecule has 0 radical (unpaired) electrons. The van der Waals surface area contributed by atoms with Gasteiger partial charge in [0.05, 0.1) is 18.1 Å². The van der Waals surface area contributed by atoms with Gasteiger partial charge < -0.3 is 9.84 Å². The standard InChI is InChI=1S/C17H26O3/c1-4-10-15(16(18)20-6-3)17(19,5-2)13-14-11-8-7-9-12-14/h7-9,11-12,15,19H,4-6,10,13H2,1-3H3. The molecule has 0 aliphatic heterocycles. The van der Waals surface area contributed by atoms with Gasteiger partial charge in [0, 0.05) is 6.42 Å². The highest BCUT2D eigenvalue weighted by atomic mass is 16.5. The summed E-state index contributed by atoms with van der Waals surface area (Å²) in [5.74, 6) is -0.743. The minimum atomic E-state index is -1.04. The van der Waals surface area contributed by atoms with Crippen LogP contribution in [0.15, 0.2) is 30.3 Å². The third-order valence-corrected chi connectivity index (χ3v) is 3.76. The van der Waals surface area contributed by atoms with E-state index in [1.54, 1.807) is 6.92 Å². The second kappa shape index (κ2) is 8.05. The van der Waals surface area contributed by atoms with Gasteiger partial charge in [-0.1, -0.05) is 50.6 Å². The number of benzene rings is 1. The number of ether oxygens (including phenoxy) is 1. The highest BCUT2D eigenvalue weighted by molar-refractivity contribution is 5.74. The van der Waals surface area contributed by atoms with Crippen LogP contribution in [0.1, 0.15) is 45.6 Å². The monoisotopic (exact) mass is 278 g/mol. The molecule has 2 atom stereocenters. The molecule has 20 heavy (non-hydrogen) atoms. The first-order chi connectivity index (χ1) is 9.57. The number of aliphatic hydroxyl groups is 1. The van der Waals surface area contributed by atoms with E-state index in [1.807, 2.05) is 44.2 Å². The van der Waals surface area contributed by atoms with Crippen LogP contribution in [0.4, 0.5) is 0 Å². The Kier molecular flexibility index (Phi) is 6.73. The minimum Gasteiger partial charge on any atom is -0.466 e. The summed E-state index contributed by atoms with van der Waals surface area (Å²) < 4.78 is 5.14. The first kappa shape index (κ1) is 16.7. The Morgan fingerprint density at radius 1 is 1.25 bits per heavy atom. The van der Waals surface area contributed by atoms with E-state index in [0.717, 1.165) is 12.0 Å². The number of hydrogen-bond donors (Lipinski definition) is 1. The Morgan fingerprint density at radius 2 is 1.90 bits per heavy atom. The van der Waals surface area contributed by atoms with Crippen LogP contribution in [0.5, 0.6) is 0 Å². The van der Waals surface area contributed by atoms with Crippen molar-refractivity contribution in [2.45, 2.75) is 52.1 Å². The van der Waals surface area contributed by atoms with Crippen molar-refractivity contribution in [2.75, 3.05) is 6.61 Å².